The number of hydrogen-bond donors (Lipinski definition) is 1. The molecule has 0 aliphatic heterocycles. The Morgan fingerprint density at radius 1 is 0.815 bits per heavy atom. The van der Waals surface area contributed by atoms with Gasteiger partial charge in [0.05, 0.1) is 0 Å². The molecule has 0 spiro atoms. The third-order valence-electron chi connectivity index (χ3n) is 6.07. The number of nitrogens with two attached hydrogens (primary N) is 1. The second kappa shape index (κ2) is 10.6. The minimum absolute atomic E-state index is 0.639. The summed E-state index contributed by atoms with van der Waals surface area (Å²) in [5.41, 5.74) is 7.88. The molecule has 27 heavy (non-hydrogen) atoms. The number of nitrogens with zero attached hydrogens (tertiary/aromatic N) is 2. The molecule has 0 atom stereocenters. The van der Waals surface area contributed by atoms with E-state index in [1.807, 2.05) is 0 Å². The molecule has 1 aromatic carbocycles. The quantitative estimate of drug-likeness (QED) is 0.515. The van der Waals surface area contributed by atoms with Crippen molar-refractivity contribution in [2.45, 2.75) is 89.8 Å². The summed E-state index contributed by atoms with van der Waals surface area (Å²) < 4.78 is 6.57. The monoisotopic (exact) mass is 548 g/mol. The SMILES string of the molecule is Cc1ccc(CN)cc1.[Pt]=[c]1n(C2CCCCC2)ccn1C1CCCCC1. The molecule has 0 bridgehead atoms. The molecule has 4 rings (SSSR count). The van der Waals surface area contributed by atoms with Gasteiger partial charge in [0.1, 0.15) is 0 Å². The Bertz CT molecular complexity index is 693. The standard InChI is InChI=1S/C15H24N2.C8H11N.Pt/c1-3-7-14(8-4-1)16-11-12-17(13-16)15-9-5-2-6-10-15;1-7-2-4-8(6-9)5-3-7;/h11-12,14-15H,1-10H2;2-5H,6,9H2,1H3;. The van der Waals surface area contributed by atoms with Crippen molar-refractivity contribution in [1.82, 2.24) is 9.13 Å². The van der Waals surface area contributed by atoms with Gasteiger partial charge in [-0.1, -0.05) is 29.8 Å². The molecule has 2 aliphatic carbocycles. The molecule has 3 nitrogen and oxygen atoms in total. The van der Waals surface area contributed by atoms with Crippen LogP contribution in [0.15, 0.2) is 36.7 Å². The van der Waals surface area contributed by atoms with Gasteiger partial charge in [-0.05, 0) is 12.5 Å². The van der Waals surface area contributed by atoms with E-state index < -0.39 is 0 Å². The predicted molar refractivity (Wildman–Crippen MR) is 109 cm³/mol. The summed E-state index contributed by atoms with van der Waals surface area (Å²) in [5.74, 6) is 0. The predicted octanol–water partition coefficient (Wildman–Crippen LogP) is 5.83. The van der Waals surface area contributed by atoms with E-state index in [0.29, 0.717) is 6.54 Å². The average Bonchev–Trinajstić information content (AvgIpc) is 3.12. The van der Waals surface area contributed by atoms with Crippen LogP contribution in [0.4, 0.5) is 0 Å². The fourth-order valence-corrected chi connectivity index (χ4v) is 5.52. The van der Waals surface area contributed by atoms with E-state index in [4.69, 9.17) is 5.73 Å². The van der Waals surface area contributed by atoms with Crippen LogP contribution >= 0.6 is 0 Å². The molecular weight excluding hydrogens is 513 g/mol. The third-order valence-corrected chi connectivity index (χ3v) is 7.25. The Morgan fingerprint density at radius 2 is 1.26 bits per heavy atom. The van der Waals surface area contributed by atoms with Crippen molar-refractivity contribution in [2.75, 3.05) is 0 Å². The second-order valence-electron chi connectivity index (χ2n) is 8.13. The Morgan fingerprint density at radius 3 is 1.67 bits per heavy atom. The maximum absolute atomic E-state index is 5.40. The molecule has 0 saturated heterocycles. The zero-order valence-corrected chi connectivity index (χ0v) is 19.0. The van der Waals surface area contributed by atoms with Crippen LogP contribution < -0.4 is 5.73 Å². The van der Waals surface area contributed by atoms with Crippen LogP contribution in [0, 0.1) is 10.7 Å². The molecule has 2 aromatic rings. The third kappa shape index (κ3) is 5.78. The summed E-state index contributed by atoms with van der Waals surface area (Å²) in [6.07, 6.45) is 18.8. The molecule has 0 radical (unpaired) electrons. The first-order chi connectivity index (χ1) is 13.2. The molecule has 1 heterocycles. The zero-order valence-electron chi connectivity index (χ0n) is 16.7. The molecule has 2 aliphatic rings. The number of rotatable bonds is 3. The van der Waals surface area contributed by atoms with Crippen molar-refractivity contribution in [3.05, 3.63) is 51.6 Å². The van der Waals surface area contributed by atoms with Gasteiger partial charge in [-0.2, -0.15) is 0 Å². The normalized spacial score (nSPS) is 18.8. The van der Waals surface area contributed by atoms with Crippen molar-refractivity contribution in [2.24, 2.45) is 5.73 Å². The van der Waals surface area contributed by atoms with Crippen molar-refractivity contribution < 1.29 is 19.4 Å². The number of benzene rings is 1. The van der Waals surface area contributed by atoms with Crippen LogP contribution in [0.25, 0.3) is 0 Å². The molecule has 0 unspecified atom stereocenters. The van der Waals surface area contributed by atoms with E-state index in [1.54, 1.807) is 0 Å². The van der Waals surface area contributed by atoms with E-state index in [9.17, 15) is 0 Å². The fourth-order valence-electron chi connectivity index (χ4n) is 4.36. The van der Waals surface area contributed by atoms with E-state index in [2.05, 4.69) is 72.1 Å². The number of aromatic nitrogens is 2. The van der Waals surface area contributed by atoms with Gasteiger partial charge in [-0.25, -0.2) is 0 Å². The van der Waals surface area contributed by atoms with Crippen LogP contribution in [0.2, 0.25) is 0 Å². The van der Waals surface area contributed by atoms with Gasteiger partial charge in [0, 0.05) is 6.54 Å². The maximum atomic E-state index is 5.40. The van der Waals surface area contributed by atoms with Gasteiger partial charge >= 0.3 is 121 Å². The molecule has 152 valence electrons. The summed E-state index contributed by atoms with van der Waals surface area (Å²) in [4.78, 5) is 0. The molecule has 1 aromatic heterocycles. The number of aryl methyl sites for hydroxylation is 1. The van der Waals surface area contributed by atoms with Gasteiger partial charge in [0.15, 0.2) is 0 Å². The van der Waals surface area contributed by atoms with Gasteiger partial charge in [-0.15, -0.1) is 0 Å². The van der Waals surface area contributed by atoms with Gasteiger partial charge in [0.2, 0.25) is 0 Å². The summed E-state index contributed by atoms with van der Waals surface area (Å²) in [5, 5.41) is 0. The molecular formula is C23H35N3Pt. The number of hydrogen-bond acceptors (Lipinski definition) is 1. The Labute approximate surface area is 175 Å². The Hall–Kier alpha value is -0.922. The molecule has 2 saturated carbocycles. The Kier molecular flexibility index (Phi) is 8.15. The van der Waals surface area contributed by atoms with Crippen LogP contribution in [-0.2, 0) is 25.9 Å². The van der Waals surface area contributed by atoms with E-state index in [1.165, 1.54) is 79.1 Å². The molecule has 0 amide bonds. The van der Waals surface area contributed by atoms with Crippen LogP contribution in [0.5, 0.6) is 0 Å². The first kappa shape index (κ1) is 20.8. The summed E-state index contributed by atoms with van der Waals surface area (Å²) in [7, 11) is 0. The average molecular weight is 549 g/mol. The van der Waals surface area contributed by atoms with E-state index in [0.717, 1.165) is 12.1 Å². The molecule has 2 N–H and O–H groups in total. The summed E-state index contributed by atoms with van der Waals surface area (Å²) >= 11 is 2.55. The van der Waals surface area contributed by atoms with Crippen LogP contribution in [0.1, 0.15) is 87.4 Å². The molecule has 4 heteroatoms. The number of imidazole rings is 1. The van der Waals surface area contributed by atoms with Crippen molar-refractivity contribution in [3.8, 4) is 0 Å². The van der Waals surface area contributed by atoms with Crippen molar-refractivity contribution >= 4 is 0 Å². The van der Waals surface area contributed by atoms with Gasteiger partial charge in [-0.3, -0.25) is 0 Å². The van der Waals surface area contributed by atoms with E-state index >= 15 is 0 Å². The molecule has 2 fully saturated rings. The van der Waals surface area contributed by atoms with Gasteiger partial charge in [0.25, 0.3) is 0 Å². The fraction of sp³-hybridized carbons (Fsp3) is 0.609. The summed E-state index contributed by atoms with van der Waals surface area (Å²) in [6, 6.07) is 9.79. The second-order valence-corrected chi connectivity index (χ2v) is 9.14. The van der Waals surface area contributed by atoms with Crippen molar-refractivity contribution in [3.63, 3.8) is 0 Å². The Balaban J connectivity index is 0.000000197. The zero-order chi connectivity index (χ0) is 19.1. The van der Waals surface area contributed by atoms with E-state index in [-0.39, 0.29) is 0 Å². The van der Waals surface area contributed by atoms with Gasteiger partial charge < -0.3 is 5.73 Å². The topological polar surface area (TPSA) is 35.9 Å². The van der Waals surface area contributed by atoms with Crippen LogP contribution in [0.3, 0.4) is 0 Å². The van der Waals surface area contributed by atoms with Crippen LogP contribution in [-0.4, -0.2) is 9.13 Å². The minimum atomic E-state index is 0.639. The van der Waals surface area contributed by atoms with Crippen molar-refractivity contribution in [1.29, 1.82) is 0 Å². The summed E-state index contributed by atoms with van der Waals surface area (Å²) in [6.45, 7) is 2.71. The first-order valence-corrected chi connectivity index (χ1v) is 11.8. The first-order valence-electron chi connectivity index (χ1n) is 10.7.